The summed E-state index contributed by atoms with van der Waals surface area (Å²) in [6.07, 6.45) is 2.95. The maximum absolute atomic E-state index is 13.7. The van der Waals surface area contributed by atoms with E-state index in [2.05, 4.69) is 13.8 Å². The lowest BCUT2D eigenvalue weighted by molar-refractivity contribution is -0.156. The number of aliphatic hydroxyl groups is 1. The zero-order valence-corrected chi connectivity index (χ0v) is 19.9. The van der Waals surface area contributed by atoms with Crippen LogP contribution in [0.1, 0.15) is 37.8 Å². The summed E-state index contributed by atoms with van der Waals surface area (Å²) < 4.78 is 29.9. The van der Waals surface area contributed by atoms with Gasteiger partial charge in [0.05, 0.1) is 26.7 Å². The number of halogens is 1. The van der Waals surface area contributed by atoms with Crippen molar-refractivity contribution in [3.8, 4) is 11.5 Å². The van der Waals surface area contributed by atoms with Crippen LogP contribution in [0.4, 0.5) is 4.39 Å². The van der Waals surface area contributed by atoms with Crippen LogP contribution in [0.15, 0.2) is 59.0 Å². The van der Waals surface area contributed by atoms with Crippen LogP contribution in [-0.2, 0) is 9.53 Å². The highest BCUT2D eigenvalue weighted by Gasteiger charge is 2.35. The molecule has 7 heteroatoms. The van der Waals surface area contributed by atoms with Gasteiger partial charge in [-0.15, -0.1) is 11.8 Å². The number of aliphatic hydroxyl groups excluding tert-OH is 1. The third-order valence-electron chi connectivity index (χ3n) is 5.84. The number of hydrogen-bond donors (Lipinski definition) is 1. The fourth-order valence-electron chi connectivity index (χ4n) is 4.26. The predicted octanol–water partition coefficient (Wildman–Crippen LogP) is 5.15. The Bertz CT molecular complexity index is 1120. The summed E-state index contributed by atoms with van der Waals surface area (Å²) in [6.45, 7) is 4.23. The second-order valence-corrected chi connectivity index (χ2v) is 10.3. The number of ether oxygens (including phenoxy) is 3. The molecule has 2 heterocycles. The molecule has 5 nitrogen and oxygen atoms in total. The van der Waals surface area contributed by atoms with E-state index in [9.17, 15) is 14.3 Å². The van der Waals surface area contributed by atoms with Crippen molar-refractivity contribution in [2.75, 3.05) is 14.2 Å². The van der Waals surface area contributed by atoms with Gasteiger partial charge < -0.3 is 19.3 Å². The van der Waals surface area contributed by atoms with Gasteiger partial charge in [0.1, 0.15) is 11.9 Å². The van der Waals surface area contributed by atoms with Crippen molar-refractivity contribution in [1.29, 1.82) is 0 Å². The maximum Gasteiger partial charge on any atom is 0.309 e. The minimum atomic E-state index is -0.711. The number of allylic oxidation sites excluding steroid dienone is 1. The van der Waals surface area contributed by atoms with Gasteiger partial charge in [0.15, 0.2) is 11.5 Å². The molecule has 0 aliphatic carbocycles. The summed E-state index contributed by atoms with van der Waals surface area (Å²) in [5, 5.41) is 9.97. The monoisotopic (exact) mass is 470 g/mol. The van der Waals surface area contributed by atoms with Crippen LogP contribution in [0, 0.1) is 5.82 Å². The molecule has 0 spiro atoms. The third-order valence-corrected chi connectivity index (χ3v) is 7.13. The van der Waals surface area contributed by atoms with Crippen LogP contribution in [0.5, 0.6) is 11.5 Å². The van der Waals surface area contributed by atoms with Crippen LogP contribution in [0.3, 0.4) is 0 Å². The first-order valence-electron chi connectivity index (χ1n) is 10.7. The van der Waals surface area contributed by atoms with Gasteiger partial charge in [-0.1, -0.05) is 18.2 Å². The Balaban J connectivity index is 1.90. The van der Waals surface area contributed by atoms with Crippen molar-refractivity contribution in [2.24, 2.45) is 0 Å². The van der Waals surface area contributed by atoms with Crippen molar-refractivity contribution in [3.63, 3.8) is 0 Å². The number of thioether (sulfide) groups is 1. The fraction of sp³-hybridized carbons (Fsp3) is 0.346. The molecular weight excluding hydrogens is 443 g/mol. The number of hydrogen-bond acceptors (Lipinski definition) is 6. The number of rotatable bonds is 5. The van der Waals surface area contributed by atoms with E-state index in [0.717, 1.165) is 27.2 Å². The molecule has 1 fully saturated rings. The number of carbonyl (C=O) groups is 1. The number of methoxy groups -OCH3 is 2. The van der Waals surface area contributed by atoms with E-state index in [1.807, 2.05) is 24.3 Å². The molecule has 0 unspecified atom stereocenters. The zero-order valence-electron chi connectivity index (χ0n) is 19.1. The first kappa shape index (κ1) is 23.4. The first-order valence-corrected chi connectivity index (χ1v) is 11.6. The SMILES string of the molecule is COc1cc2c(cc1OC)C(c1ccc(F)cc1)=C(/C=C/[C@@H]1C[C@@H](O)CC(=O)O1)C(C)(C)S2. The Morgan fingerprint density at radius 3 is 2.45 bits per heavy atom. The van der Waals surface area contributed by atoms with Gasteiger partial charge >= 0.3 is 5.97 Å². The summed E-state index contributed by atoms with van der Waals surface area (Å²) in [6, 6.07) is 10.3. The Labute approximate surface area is 197 Å². The molecule has 1 saturated heterocycles. The molecule has 2 aromatic rings. The van der Waals surface area contributed by atoms with Crippen molar-refractivity contribution < 1.29 is 28.5 Å². The van der Waals surface area contributed by atoms with E-state index >= 15 is 0 Å². The maximum atomic E-state index is 13.7. The van der Waals surface area contributed by atoms with Crippen molar-refractivity contribution in [1.82, 2.24) is 0 Å². The van der Waals surface area contributed by atoms with E-state index < -0.39 is 18.2 Å². The normalized spacial score (nSPS) is 22.2. The molecule has 2 aliphatic heterocycles. The highest BCUT2D eigenvalue weighted by molar-refractivity contribution is 8.01. The summed E-state index contributed by atoms with van der Waals surface area (Å²) in [4.78, 5) is 12.8. The standard InChI is InChI=1S/C26H27FO5S/c1-26(2)20(10-9-18-11-17(28)12-24(29)32-18)25(15-5-7-16(27)8-6-15)19-13-21(30-3)22(31-4)14-23(19)33-26/h5-10,13-14,17-18,28H,11-12H2,1-4H3/b10-9+/t17-,18-/m1/s1. The Morgan fingerprint density at radius 2 is 1.82 bits per heavy atom. The lowest BCUT2D eigenvalue weighted by Crippen LogP contribution is -2.31. The van der Waals surface area contributed by atoms with E-state index in [4.69, 9.17) is 14.2 Å². The smallest absolute Gasteiger partial charge is 0.309 e. The second kappa shape index (κ2) is 9.23. The quantitative estimate of drug-likeness (QED) is 0.610. The van der Waals surface area contributed by atoms with Gasteiger partial charge in [-0.25, -0.2) is 4.39 Å². The van der Waals surface area contributed by atoms with Gasteiger partial charge in [-0.3, -0.25) is 4.79 Å². The molecule has 2 aliphatic rings. The number of carbonyl (C=O) groups excluding carboxylic acids is 1. The van der Waals surface area contributed by atoms with Gasteiger partial charge in [-0.2, -0.15) is 0 Å². The summed E-state index contributed by atoms with van der Waals surface area (Å²) in [5.41, 5.74) is 3.74. The fourth-order valence-corrected chi connectivity index (χ4v) is 5.52. The van der Waals surface area contributed by atoms with Gasteiger partial charge in [-0.05, 0) is 60.9 Å². The average Bonchev–Trinajstić information content (AvgIpc) is 2.76. The van der Waals surface area contributed by atoms with Gasteiger partial charge in [0.2, 0.25) is 0 Å². The molecule has 0 amide bonds. The largest absolute Gasteiger partial charge is 0.493 e. The molecule has 0 radical (unpaired) electrons. The van der Waals surface area contributed by atoms with Crippen molar-refractivity contribution >= 4 is 23.3 Å². The molecule has 0 aromatic heterocycles. The van der Waals surface area contributed by atoms with E-state index in [-0.39, 0.29) is 17.0 Å². The highest BCUT2D eigenvalue weighted by atomic mass is 32.2. The molecule has 1 N–H and O–H groups in total. The minimum absolute atomic E-state index is 0.0181. The van der Waals surface area contributed by atoms with E-state index in [0.29, 0.717) is 17.9 Å². The zero-order chi connectivity index (χ0) is 23.8. The Kier molecular flexibility index (Phi) is 6.54. The number of benzene rings is 2. The highest BCUT2D eigenvalue weighted by Crippen LogP contribution is 2.53. The molecule has 2 atom stereocenters. The topological polar surface area (TPSA) is 65.0 Å². The lowest BCUT2D eigenvalue weighted by atomic mass is 9.86. The molecular formula is C26H27FO5S. The van der Waals surface area contributed by atoms with Crippen molar-refractivity contribution in [3.05, 3.63) is 71.1 Å². The summed E-state index contributed by atoms with van der Waals surface area (Å²) in [7, 11) is 3.20. The number of fused-ring (bicyclic) bond motifs is 1. The minimum Gasteiger partial charge on any atom is -0.493 e. The van der Waals surface area contributed by atoms with Crippen LogP contribution in [0.25, 0.3) is 5.57 Å². The van der Waals surface area contributed by atoms with E-state index in [1.54, 1.807) is 38.1 Å². The summed E-state index contributed by atoms with van der Waals surface area (Å²) in [5.74, 6) is 0.524. The molecule has 174 valence electrons. The average molecular weight is 471 g/mol. The van der Waals surface area contributed by atoms with Crippen LogP contribution >= 0.6 is 11.8 Å². The lowest BCUT2D eigenvalue weighted by Gasteiger charge is -2.35. The second-order valence-electron chi connectivity index (χ2n) is 8.59. The first-order chi connectivity index (χ1) is 15.7. The van der Waals surface area contributed by atoms with Crippen LogP contribution in [0.2, 0.25) is 0 Å². The summed E-state index contributed by atoms with van der Waals surface area (Å²) >= 11 is 1.68. The predicted molar refractivity (Wildman–Crippen MR) is 126 cm³/mol. The Morgan fingerprint density at radius 1 is 1.15 bits per heavy atom. The Hall–Kier alpha value is -2.77. The molecule has 33 heavy (non-hydrogen) atoms. The van der Waals surface area contributed by atoms with Crippen molar-refractivity contribution in [2.45, 2.75) is 48.5 Å². The molecule has 2 aromatic carbocycles. The van der Waals surface area contributed by atoms with Crippen LogP contribution < -0.4 is 9.47 Å². The molecule has 4 rings (SSSR count). The molecule has 0 bridgehead atoms. The third kappa shape index (κ3) is 4.80. The number of cyclic esters (lactones) is 1. The molecule has 0 saturated carbocycles. The van der Waals surface area contributed by atoms with Crippen LogP contribution in [-0.4, -0.2) is 42.3 Å². The van der Waals surface area contributed by atoms with Gasteiger partial charge in [0, 0.05) is 21.6 Å². The van der Waals surface area contributed by atoms with E-state index in [1.165, 1.54) is 12.1 Å². The van der Waals surface area contributed by atoms with Gasteiger partial charge in [0.25, 0.3) is 0 Å². The number of esters is 1.